The third kappa shape index (κ3) is 4.82. The Morgan fingerprint density at radius 1 is 1.44 bits per heavy atom. The third-order valence-electron chi connectivity index (χ3n) is 3.25. The highest BCUT2D eigenvalue weighted by Gasteiger charge is 2.14. The lowest BCUT2D eigenvalue weighted by Gasteiger charge is -2.15. The molecule has 1 amide bonds. The fraction of sp³-hybridized carbons (Fsp3) is 0.176. The number of benzene rings is 1. The van der Waals surface area contributed by atoms with E-state index in [4.69, 9.17) is 27.5 Å². The second-order valence-corrected chi connectivity index (χ2v) is 6.22. The molecule has 1 aromatic carbocycles. The van der Waals surface area contributed by atoms with Crippen LogP contribution in [0.1, 0.15) is 15.2 Å². The number of halogens is 1. The lowest BCUT2D eigenvalue weighted by molar-refractivity contribution is 0.103. The summed E-state index contributed by atoms with van der Waals surface area (Å²) in [7, 11) is 1.75. The van der Waals surface area contributed by atoms with Crippen molar-refractivity contribution in [1.82, 2.24) is 5.32 Å². The van der Waals surface area contributed by atoms with Gasteiger partial charge in [-0.3, -0.25) is 4.79 Å². The summed E-state index contributed by atoms with van der Waals surface area (Å²) in [5, 5.41) is 15.3. The zero-order chi connectivity index (χ0) is 18.2. The Hall–Kier alpha value is -2.35. The molecular weight excluding hydrogens is 360 g/mol. The van der Waals surface area contributed by atoms with Crippen LogP contribution in [0.3, 0.4) is 0 Å². The molecule has 0 bridgehead atoms. The first-order valence-electron chi connectivity index (χ1n) is 7.50. The van der Waals surface area contributed by atoms with Gasteiger partial charge in [0.05, 0.1) is 5.02 Å². The van der Waals surface area contributed by atoms with Crippen LogP contribution in [0.4, 0.5) is 5.69 Å². The van der Waals surface area contributed by atoms with Crippen LogP contribution in [0.2, 0.25) is 5.02 Å². The monoisotopic (exact) mass is 378 g/mol. The fourth-order valence-corrected chi connectivity index (χ4v) is 3.18. The van der Waals surface area contributed by atoms with Gasteiger partial charge < -0.3 is 26.5 Å². The molecule has 0 radical (unpaired) electrons. The molecule has 0 saturated heterocycles. The minimum atomic E-state index is -0.274. The molecule has 25 heavy (non-hydrogen) atoms. The van der Waals surface area contributed by atoms with Crippen LogP contribution in [0, 0.1) is 5.41 Å². The summed E-state index contributed by atoms with van der Waals surface area (Å²) in [6.07, 6.45) is 2.78. The lowest BCUT2D eigenvalue weighted by atomic mass is 10.1. The maximum absolute atomic E-state index is 12.3. The maximum atomic E-state index is 12.3. The molecule has 0 unspecified atom stereocenters. The predicted octanol–water partition coefficient (Wildman–Crippen LogP) is 3.20. The van der Waals surface area contributed by atoms with Crippen LogP contribution in [0.15, 0.2) is 35.7 Å². The van der Waals surface area contributed by atoms with Gasteiger partial charge in [0.2, 0.25) is 0 Å². The van der Waals surface area contributed by atoms with Gasteiger partial charge in [0.15, 0.2) is 0 Å². The van der Waals surface area contributed by atoms with Crippen molar-refractivity contribution in [2.24, 2.45) is 5.73 Å². The van der Waals surface area contributed by atoms with E-state index in [0.29, 0.717) is 40.2 Å². The Kier molecular flexibility index (Phi) is 7.00. The number of nitrogens with two attached hydrogens (primary N) is 1. The number of amides is 1. The minimum Gasteiger partial charge on any atom is -0.492 e. The van der Waals surface area contributed by atoms with Crippen molar-refractivity contribution in [2.45, 2.75) is 0 Å². The van der Waals surface area contributed by atoms with E-state index in [2.05, 4.69) is 10.6 Å². The molecule has 0 fully saturated rings. The molecule has 1 aromatic heterocycles. The number of ether oxygens (including phenoxy) is 1. The molecule has 132 valence electrons. The molecule has 1 heterocycles. The minimum absolute atomic E-state index is 0.274. The molecule has 5 N–H and O–H groups in total. The van der Waals surface area contributed by atoms with E-state index < -0.39 is 0 Å². The summed E-state index contributed by atoms with van der Waals surface area (Å²) in [6, 6.07) is 6.96. The van der Waals surface area contributed by atoms with Crippen LogP contribution in [-0.2, 0) is 0 Å². The summed E-state index contributed by atoms with van der Waals surface area (Å²) in [5.74, 6) is 0.337. The summed E-state index contributed by atoms with van der Waals surface area (Å²) < 4.78 is 5.65. The quantitative estimate of drug-likeness (QED) is 0.530. The van der Waals surface area contributed by atoms with E-state index in [1.165, 1.54) is 17.6 Å². The van der Waals surface area contributed by atoms with Gasteiger partial charge in [-0.1, -0.05) is 11.6 Å². The van der Waals surface area contributed by atoms with Gasteiger partial charge >= 0.3 is 0 Å². The highest BCUT2D eigenvalue weighted by molar-refractivity contribution is 7.12. The molecule has 2 rings (SSSR count). The number of hydrogen-bond acceptors (Lipinski definition) is 6. The molecule has 8 heteroatoms. The Bertz CT molecular complexity index is 789. The van der Waals surface area contributed by atoms with E-state index in [1.807, 2.05) is 0 Å². The zero-order valence-electron chi connectivity index (χ0n) is 13.6. The zero-order valence-corrected chi connectivity index (χ0v) is 15.2. The molecule has 0 aliphatic rings. The van der Waals surface area contributed by atoms with Gasteiger partial charge in [-0.2, -0.15) is 0 Å². The number of hydrogen-bond donors (Lipinski definition) is 4. The molecule has 0 atom stereocenters. The average Bonchev–Trinajstić information content (AvgIpc) is 3.04. The van der Waals surface area contributed by atoms with Crippen molar-refractivity contribution >= 4 is 46.4 Å². The van der Waals surface area contributed by atoms with Crippen LogP contribution in [0.5, 0.6) is 5.75 Å². The smallest absolute Gasteiger partial charge is 0.267 e. The van der Waals surface area contributed by atoms with Crippen molar-refractivity contribution in [3.05, 3.63) is 51.2 Å². The normalized spacial score (nSPS) is 11.1. The number of carbonyl (C=O) groups excluding carboxylic acids is 1. The Morgan fingerprint density at radius 2 is 2.24 bits per heavy atom. The highest BCUT2D eigenvalue weighted by atomic mass is 35.5. The summed E-state index contributed by atoms with van der Waals surface area (Å²) in [6.45, 7) is 0.753. The molecule has 0 aliphatic heterocycles. The fourth-order valence-electron chi connectivity index (χ4n) is 2.15. The first kappa shape index (κ1) is 19.0. The summed E-state index contributed by atoms with van der Waals surface area (Å²) in [5.41, 5.74) is 7.50. The average molecular weight is 379 g/mol. The second kappa shape index (κ2) is 9.22. The first-order valence-corrected chi connectivity index (χ1v) is 8.76. The van der Waals surface area contributed by atoms with Gasteiger partial charge in [-0.25, -0.2) is 0 Å². The lowest BCUT2D eigenvalue weighted by Crippen LogP contribution is -2.14. The number of rotatable bonds is 8. The van der Waals surface area contributed by atoms with E-state index >= 15 is 0 Å². The van der Waals surface area contributed by atoms with E-state index in [1.54, 1.807) is 42.8 Å². The highest BCUT2D eigenvalue weighted by Crippen LogP contribution is 2.29. The van der Waals surface area contributed by atoms with E-state index in [0.717, 1.165) is 5.56 Å². The first-order chi connectivity index (χ1) is 12.1. The largest absolute Gasteiger partial charge is 0.492 e. The number of allylic oxidation sites excluding steroid dienone is 1. The number of anilines is 1. The molecule has 2 aromatic rings. The predicted molar refractivity (Wildman–Crippen MR) is 104 cm³/mol. The van der Waals surface area contributed by atoms with Crippen LogP contribution >= 0.6 is 22.9 Å². The van der Waals surface area contributed by atoms with Crippen molar-refractivity contribution in [2.75, 3.05) is 25.5 Å². The standard InChI is InChI=1S/C17H19ClN4O2S/c1-21-14(4-6-19)12-10-11(2-3-15(12)24-8-7-20)22-17(23)16-13(18)5-9-25-16/h2-6,9-10,19,21H,7-8,20H2,1H3,(H,22,23)/b14-4-,19-6?. The molecule has 0 saturated carbocycles. The Balaban J connectivity index is 2.33. The van der Waals surface area contributed by atoms with Gasteiger partial charge in [0.1, 0.15) is 17.2 Å². The van der Waals surface area contributed by atoms with E-state index in [9.17, 15) is 4.79 Å². The molecular formula is C17H19ClN4O2S. The number of nitrogens with one attached hydrogen (secondary N) is 3. The van der Waals surface area contributed by atoms with Gasteiger partial charge in [-0.15, -0.1) is 11.3 Å². The second-order valence-electron chi connectivity index (χ2n) is 4.90. The van der Waals surface area contributed by atoms with Gasteiger partial charge in [0, 0.05) is 36.8 Å². The van der Waals surface area contributed by atoms with Gasteiger partial charge in [0.25, 0.3) is 5.91 Å². The summed E-state index contributed by atoms with van der Waals surface area (Å²) >= 11 is 7.28. The number of thiophene rings is 1. The van der Waals surface area contributed by atoms with Crippen molar-refractivity contribution in [1.29, 1.82) is 5.41 Å². The molecule has 0 spiro atoms. The Labute approximate surface area is 155 Å². The van der Waals surface area contributed by atoms with Crippen molar-refractivity contribution < 1.29 is 9.53 Å². The van der Waals surface area contributed by atoms with Crippen LogP contribution in [0.25, 0.3) is 5.70 Å². The van der Waals surface area contributed by atoms with Crippen LogP contribution in [-0.4, -0.2) is 32.3 Å². The van der Waals surface area contributed by atoms with Gasteiger partial charge in [-0.05, 0) is 35.7 Å². The molecule has 6 nitrogen and oxygen atoms in total. The van der Waals surface area contributed by atoms with Crippen LogP contribution < -0.4 is 21.1 Å². The number of carbonyl (C=O) groups is 1. The van der Waals surface area contributed by atoms with Crippen molar-refractivity contribution in [3.63, 3.8) is 0 Å². The third-order valence-corrected chi connectivity index (χ3v) is 4.59. The Morgan fingerprint density at radius 3 is 2.84 bits per heavy atom. The SMILES string of the molecule is CN/C(=C\C=N)c1cc(NC(=O)c2sccc2Cl)ccc1OCCN. The van der Waals surface area contributed by atoms with E-state index in [-0.39, 0.29) is 5.91 Å². The maximum Gasteiger partial charge on any atom is 0.267 e. The summed E-state index contributed by atoms with van der Waals surface area (Å²) in [4.78, 5) is 12.8. The molecule has 0 aliphatic carbocycles. The van der Waals surface area contributed by atoms with Crippen molar-refractivity contribution in [3.8, 4) is 5.75 Å². The topological polar surface area (TPSA) is 100 Å².